The van der Waals surface area contributed by atoms with Crippen molar-refractivity contribution in [1.82, 2.24) is 9.97 Å². The number of H-pyrrole nitrogens is 2. The summed E-state index contributed by atoms with van der Waals surface area (Å²) in [6.07, 6.45) is 3.19. The summed E-state index contributed by atoms with van der Waals surface area (Å²) in [5.74, 6) is 1.35. The summed E-state index contributed by atoms with van der Waals surface area (Å²) in [6, 6.07) is 10.7. The normalized spacial score (nSPS) is 12.3. The van der Waals surface area contributed by atoms with Crippen molar-refractivity contribution in [1.29, 1.82) is 0 Å². The Bertz CT molecular complexity index is 1160. The van der Waals surface area contributed by atoms with Crippen LogP contribution in [0.4, 0.5) is 0 Å². The minimum atomic E-state index is -0.398. The van der Waals surface area contributed by atoms with Crippen LogP contribution in [-0.2, 0) is 0 Å². The summed E-state index contributed by atoms with van der Waals surface area (Å²) in [5, 5.41) is 0.324. The van der Waals surface area contributed by atoms with Crippen molar-refractivity contribution in [2.24, 2.45) is 0 Å². The van der Waals surface area contributed by atoms with E-state index in [0.717, 1.165) is 20.1 Å². The molecule has 0 saturated heterocycles. The molecule has 144 valence electrons. The van der Waals surface area contributed by atoms with E-state index >= 15 is 0 Å². The average molecular weight is 508 g/mol. The molecule has 2 aromatic carbocycles. The first-order chi connectivity index (χ1) is 13.4. The van der Waals surface area contributed by atoms with Gasteiger partial charge in [-0.05, 0) is 79.4 Å². The Morgan fingerprint density at radius 1 is 0.750 bits per heavy atom. The van der Waals surface area contributed by atoms with E-state index in [0.29, 0.717) is 11.5 Å². The van der Waals surface area contributed by atoms with Gasteiger partial charge in [-0.1, -0.05) is 12.1 Å². The van der Waals surface area contributed by atoms with Crippen molar-refractivity contribution >= 4 is 44.0 Å². The zero-order chi connectivity index (χ0) is 20.3. The van der Waals surface area contributed by atoms with Crippen LogP contribution in [0.3, 0.4) is 0 Å². The predicted octanol–water partition coefficient (Wildman–Crippen LogP) is 2.26. The first-order valence-electron chi connectivity index (χ1n) is 8.14. The van der Waals surface area contributed by atoms with Gasteiger partial charge in [-0.15, -0.1) is 0 Å². The van der Waals surface area contributed by atoms with Gasteiger partial charge in [0.05, 0.1) is 23.2 Å². The van der Waals surface area contributed by atoms with Gasteiger partial charge in [-0.25, -0.2) is 0 Å². The van der Waals surface area contributed by atoms with Gasteiger partial charge in [-0.3, -0.25) is 9.59 Å². The van der Waals surface area contributed by atoms with Gasteiger partial charge in [0, 0.05) is 0 Å². The molecule has 0 aliphatic heterocycles. The highest BCUT2D eigenvalue weighted by Crippen LogP contribution is 2.26. The highest BCUT2D eigenvalue weighted by Gasteiger charge is 2.03. The number of ether oxygens (including phenoxy) is 2. The molecule has 0 aliphatic rings. The van der Waals surface area contributed by atoms with Crippen molar-refractivity contribution in [2.75, 3.05) is 14.2 Å². The van der Waals surface area contributed by atoms with E-state index in [1.807, 2.05) is 0 Å². The molecule has 3 aromatic rings. The van der Waals surface area contributed by atoms with Crippen LogP contribution in [0.25, 0.3) is 12.2 Å². The summed E-state index contributed by atoms with van der Waals surface area (Å²) < 4.78 is 11.9. The molecule has 1 aromatic heterocycles. The summed E-state index contributed by atoms with van der Waals surface area (Å²) in [4.78, 5) is 30.1. The number of methoxy groups -OCH3 is 2. The van der Waals surface area contributed by atoms with Gasteiger partial charge in [0.15, 0.2) is 0 Å². The Kier molecular flexibility index (Phi) is 6.21. The molecule has 1 heterocycles. The third-order valence-electron chi connectivity index (χ3n) is 3.96. The fourth-order valence-corrected chi connectivity index (χ4v) is 3.69. The van der Waals surface area contributed by atoms with E-state index < -0.39 is 11.1 Å². The van der Waals surface area contributed by atoms with Gasteiger partial charge in [0.1, 0.15) is 22.2 Å². The molecule has 3 rings (SSSR count). The summed E-state index contributed by atoms with van der Waals surface area (Å²) in [6.45, 7) is 0. The molecular formula is C20H16Br2N2O4. The van der Waals surface area contributed by atoms with Crippen molar-refractivity contribution in [3.63, 3.8) is 0 Å². The molecule has 0 saturated carbocycles. The molecule has 6 nitrogen and oxygen atoms in total. The fraction of sp³-hybridized carbons (Fsp3) is 0.100. The molecule has 0 aliphatic carbocycles. The van der Waals surface area contributed by atoms with Crippen molar-refractivity contribution in [2.45, 2.75) is 0 Å². The standard InChI is InChI=1S/C20H16Br2N2O4/c1-27-17-5-3-11(7-13(17)21)9-15-19(25)24-16(20(26)23-15)10-12-4-6-18(28-2)14(22)8-12/h3-10H,1-2H3,(H,23,26)(H,24,25)/b15-9+,16-10+. The minimum absolute atomic E-state index is 0.162. The molecule has 0 amide bonds. The van der Waals surface area contributed by atoms with E-state index in [4.69, 9.17) is 9.47 Å². The Hall–Kier alpha value is -2.58. The van der Waals surface area contributed by atoms with Gasteiger partial charge >= 0.3 is 0 Å². The number of hydrogen-bond donors (Lipinski definition) is 2. The maximum atomic E-state index is 12.4. The SMILES string of the molecule is COc1ccc(/C=c2/[nH]c(=O)/c(=C\c3ccc(OC)c(Br)c3)[nH]c2=O)cc1Br. The number of halogens is 2. The lowest BCUT2D eigenvalue weighted by atomic mass is 10.2. The number of aromatic amines is 2. The number of nitrogens with one attached hydrogen (secondary N) is 2. The van der Waals surface area contributed by atoms with Crippen LogP contribution in [-0.4, -0.2) is 24.2 Å². The molecule has 2 N–H and O–H groups in total. The monoisotopic (exact) mass is 506 g/mol. The second kappa shape index (κ2) is 8.62. The summed E-state index contributed by atoms with van der Waals surface area (Å²) in [7, 11) is 3.14. The number of rotatable bonds is 4. The van der Waals surface area contributed by atoms with Crippen LogP contribution in [0, 0.1) is 0 Å². The first kappa shape index (κ1) is 20.2. The Labute approximate surface area is 176 Å². The largest absolute Gasteiger partial charge is 0.496 e. The van der Waals surface area contributed by atoms with Crippen LogP contribution in [0.5, 0.6) is 11.5 Å². The molecule has 8 heteroatoms. The molecule has 0 radical (unpaired) electrons. The Morgan fingerprint density at radius 2 is 1.14 bits per heavy atom. The quantitative estimate of drug-likeness (QED) is 0.567. The van der Waals surface area contributed by atoms with E-state index in [-0.39, 0.29) is 10.7 Å². The highest BCUT2D eigenvalue weighted by molar-refractivity contribution is 9.10. The van der Waals surface area contributed by atoms with Crippen LogP contribution < -0.4 is 31.3 Å². The molecule has 0 bridgehead atoms. The topological polar surface area (TPSA) is 84.2 Å². The van der Waals surface area contributed by atoms with Crippen molar-refractivity contribution in [3.05, 3.63) is 87.9 Å². The Morgan fingerprint density at radius 3 is 1.46 bits per heavy atom. The minimum Gasteiger partial charge on any atom is -0.496 e. The van der Waals surface area contributed by atoms with E-state index in [1.54, 1.807) is 62.8 Å². The highest BCUT2D eigenvalue weighted by atomic mass is 79.9. The molecule has 0 spiro atoms. The lowest BCUT2D eigenvalue weighted by Gasteiger charge is -2.03. The van der Waals surface area contributed by atoms with Crippen molar-refractivity contribution in [3.8, 4) is 11.5 Å². The van der Waals surface area contributed by atoms with E-state index in [2.05, 4.69) is 41.8 Å². The second-order valence-electron chi connectivity index (χ2n) is 5.81. The second-order valence-corrected chi connectivity index (χ2v) is 7.52. The smallest absolute Gasteiger partial charge is 0.272 e. The van der Waals surface area contributed by atoms with Gasteiger partial charge in [0.2, 0.25) is 0 Å². The third kappa shape index (κ3) is 4.45. The molecule has 0 unspecified atom stereocenters. The molecule has 0 atom stereocenters. The van der Waals surface area contributed by atoms with Crippen LogP contribution in [0.2, 0.25) is 0 Å². The zero-order valence-corrected chi connectivity index (χ0v) is 18.2. The maximum absolute atomic E-state index is 12.4. The van der Waals surface area contributed by atoms with Gasteiger partial charge < -0.3 is 19.4 Å². The first-order valence-corrected chi connectivity index (χ1v) is 9.73. The Balaban J connectivity index is 2.06. The average Bonchev–Trinajstić information content (AvgIpc) is 2.66. The maximum Gasteiger partial charge on any atom is 0.272 e. The van der Waals surface area contributed by atoms with Crippen LogP contribution >= 0.6 is 31.9 Å². The predicted molar refractivity (Wildman–Crippen MR) is 115 cm³/mol. The molecule has 28 heavy (non-hydrogen) atoms. The van der Waals surface area contributed by atoms with Crippen LogP contribution in [0.15, 0.2) is 54.9 Å². The van der Waals surface area contributed by atoms with Crippen LogP contribution in [0.1, 0.15) is 11.1 Å². The van der Waals surface area contributed by atoms with E-state index in [9.17, 15) is 9.59 Å². The third-order valence-corrected chi connectivity index (χ3v) is 5.20. The lowest BCUT2D eigenvalue weighted by Crippen LogP contribution is -2.46. The van der Waals surface area contributed by atoms with E-state index in [1.165, 1.54) is 0 Å². The fourth-order valence-electron chi connectivity index (χ4n) is 2.57. The van der Waals surface area contributed by atoms with Crippen molar-refractivity contribution < 1.29 is 9.47 Å². The zero-order valence-electron chi connectivity index (χ0n) is 15.0. The van der Waals surface area contributed by atoms with Gasteiger partial charge in [-0.2, -0.15) is 0 Å². The summed E-state index contributed by atoms with van der Waals surface area (Å²) >= 11 is 6.80. The summed E-state index contributed by atoms with van der Waals surface area (Å²) in [5.41, 5.74) is 0.685. The number of benzene rings is 2. The number of hydrogen-bond acceptors (Lipinski definition) is 4. The number of aromatic nitrogens is 2. The molecular weight excluding hydrogens is 492 g/mol. The molecule has 0 fully saturated rings. The lowest BCUT2D eigenvalue weighted by molar-refractivity contribution is 0.412. The van der Waals surface area contributed by atoms with Gasteiger partial charge in [0.25, 0.3) is 11.1 Å².